The molecule has 1 atom stereocenters. The molecule has 0 aliphatic heterocycles. The van der Waals surface area contributed by atoms with Crippen LogP contribution >= 0.6 is 0 Å². The lowest BCUT2D eigenvalue weighted by atomic mass is 9.99. The molecule has 3 nitrogen and oxygen atoms in total. The number of nitrogens with two attached hydrogens (primary N) is 1. The van der Waals surface area contributed by atoms with E-state index in [2.05, 4.69) is 23.4 Å². The highest BCUT2D eigenvalue weighted by Gasteiger charge is 2.22. The van der Waals surface area contributed by atoms with Crippen LogP contribution in [0.25, 0.3) is 0 Å². The maximum absolute atomic E-state index is 6.20. The maximum atomic E-state index is 6.20. The van der Waals surface area contributed by atoms with Gasteiger partial charge < -0.3 is 10.3 Å². The molecule has 0 fully saturated rings. The topological polar surface area (TPSA) is 43.8 Å². The van der Waals surface area contributed by atoms with Gasteiger partial charge in [-0.05, 0) is 26.7 Å². The Hall–Kier alpha value is -0.830. The summed E-state index contributed by atoms with van der Waals surface area (Å²) in [6.07, 6.45) is 10.0. The molecule has 0 spiro atoms. The molecule has 17 heavy (non-hydrogen) atoms. The fraction of sp³-hybridized carbons (Fsp3) is 0.786. The molecule has 1 heterocycles. The van der Waals surface area contributed by atoms with Crippen molar-refractivity contribution in [1.29, 1.82) is 0 Å². The Balaban J connectivity index is 2.89. The minimum atomic E-state index is -0.311. The van der Waals surface area contributed by atoms with Crippen molar-refractivity contribution in [2.75, 3.05) is 0 Å². The van der Waals surface area contributed by atoms with E-state index >= 15 is 0 Å². The molecule has 0 saturated carbocycles. The van der Waals surface area contributed by atoms with E-state index in [1.54, 1.807) is 0 Å². The van der Waals surface area contributed by atoms with Gasteiger partial charge in [0.15, 0.2) is 0 Å². The van der Waals surface area contributed by atoms with Crippen molar-refractivity contribution in [1.82, 2.24) is 9.55 Å². The number of hydrogen-bond acceptors (Lipinski definition) is 2. The van der Waals surface area contributed by atoms with Gasteiger partial charge in [-0.2, -0.15) is 0 Å². The molecule has 3 heteroatoms. The van der Waals surface area contributed by atoms with Gasteiger partial charge in [0.25, 0.3) is 0 Å². The fourth-order valence-corrected chi connectivity index (χ4v) is 2.29. The van der Waals surface area contributed by atoms with E-state index < -0.39 is 0 Å². The van der Waals surface area contributed by atoms with Gasteiger partial charge in [-0.3, -0.25) is 0 Å². The average molecular weight is 237 g/mol. The molecule has 2 N–H and O–H groups in total. The molecule has 98 valence electrons. The van der Waals surface area contributed by atoms with Crippen LogP contribution in [0.3, 0.4) is 0 Å². The fourth-order valence-electron chi connectivity index (χ4n) is 2.29. The van der Waals surface area contributed by atoms with Crippen molar-refractivity contribution in [2.45, 2.75) is 71.4 Å². The lowest BCUT2D eigenvalue weighted by Gasteiger charge is -2.26. The molecule has 0 radical (unpaired) electrons. The van der Waals surface area contributed by atoms with Gasteiger partial charge in [0, 0.05) is 12.2 Å². The van der Waals surface area contributed by atoms with Gasteiger partial charge in [-0.15, -0.1) is 0 Å². The van der Waals surface area contributed by atoms with Crippen molar-refractivity contribution in [3.8, 4) is 0 Å². The van der Waals surface area contributed by atoms with E-state index in [1.807, 2.05) is 26.4 Å². The summed E-state index contributed by atoms with van der Waals surface area (Å²) in [6.45, 7) is 8.57. The van der Waals surface area contributed by atoms with Crippen LogP contribution in [-0.4, -0.2) is 9.55 Å². The lowest BCUT2D eigenvalue weighted by molar-refractivity contribution is 0.379. The summed E-state index contributed by atoms with van der Waals surface area (Å²) < 4.78 is 2.29. The highest BCUT2D eigenvalue weighted by molar-refractivity contribution is 5.11. The van der Waals surface area contributed by atoms with E-state index in [9.17, 15) is 0 Å². The van der Waals surface area contributed by atoms with Crippen LogP contribution in [0.4, 0.5) is 0 Å². The SMILES string of the molecule is CCCCC(CCC)n1cncc1C(C)(C)N. The Labute approximate surface area is 105 Å². The minimum absolute atomic E-state index is 0.311. The summed E-state index contributed by atoms with van der Waals surface area (Å²) in [6, 6.07) is 0.556. The Morgan fingerprint density at radius 1 is 1.29 bits per heavy atom. The molecule has 1 unspecified atom stereocenters. The van der Waals surface area contributed by atoms with Crippen molar-refractivity contribution < 1.29 is 0 Å². The molecule has 1 aromatic heterocycles. The Morgan fingerprint density at radius 2 is 2.00 bits per heavy atom. The number of nitrogens with zero attached hydrogens (tertiary/aromatic N) is 2. The molecule has 0 aliphatic carbocycles. The Bertz CT molecular complexity index is 322. The Kier molecular flexibility index (Phi) is 5.19. The van der Waals surface area contributed by atoms with Gasteiger partial charge in [0.05, 0.1) is 17.6 Å². The van der Waals surface area contributed by atoms with Gasteiger partial charge >= 0.3 is 0 Å². The van der Waals surface area contributed by atoms with Crippen LogP contribution in [0, 0.1) is 0 Å². The average Bonchev–Trinajstić information content (AvgIpc) is 2.72. The van der Waals surface area contributed by atoms with Crippen molar-refractivity contribution in [3.63, 3.8) is 0 Å². The van der Waals surface area contributed by atoms with E-state index in [-0.39, 0.29) is 5.54 Å². The number of unbranched alkanes of at least 4 members (excludes halogenated alkanes) is 1. The third-order valence-corrected chi connectivity index (χ3v) is 3.23. The first kappa shape index (κ1) is 14.2. The number of rotatable bonds is 7. The lowest BCUT2D eigenvalue weighted by Crippen LogP contribution is -2.32. The zero-order valence-electron chi connectivity index (χ0n) is 11.7. The summed E-state index contributed by atoms with van der Waals surface area (Å²) >= 11 is 0. The number of aromatic nitrogens is 2. The summed E-state index contributed by atoms with van der Waals surface area (Å²) in [5.74, 6) is 0. The van der Waals surface area contributed by atoms with Crippen LogP contribution in [0.1, 0.15) is 71.5 Å². The highest BCUT2D eigenvalue weighted by atomic mass is 15.1. The second-order valence-corrected chi connectivity index (χ2v) is 5.49. The van der Waals surface area contributed by atoms with Crippen molar-refractivity contribution in [2.24, 2.45) is 5.73 Å². The monoisotopic (exact) mass is 237 g/mol. The largest absolute Gasteiger partial charge is 0.330 e. The normalized spacial score (nSPS) is 13.9. The molecule has 0 bridgehead atoms. The number of imidazole rings is 1. The van der Waals surface area contributed by atoms with Crippen LogP contribution in [0.5, 0.6) is 0 Å². The van der Waals surface area contributed by atoms with E-state index in [0.717, 1.165) is 5.69 Å². The molecule has 0 saturated heterocycles. The summed E-state index contributed by atoms with van der Waals surface area (Å²) in [4.78, 5) is 4.28. The van der Waals surface area contributed by atoms with E-state index in [4.69, 9.17) is 5.73 Å². The standard InChI is InChI=1S/C14H27N3/c1-5-7-9-12(8-6-2)17-11-16-10-13(17)14(3,4)15/h10-12H,5-9,15H2,1-4H3. The van der Waals surface area contributed by atoms with Crippen LogP contribution in [-0.2, 0) is 5.54 Å². The summed E-state index contributed by atoms with van der Waals surface area (Å²) in [7, 11) is 0. The van der Waals surface area contributed by atoms with Gasteiger partial charge in [-0.25, -0.2) is 4.98 Å². The van der Waals surface area contributed by atoms with Crippen molar-refractivity contribution in [3.05, 3.63) is 18.2 Å². The molecule has 0 amide bonds. The molecule has 0 aliphatic rings. The predicted molar refractivity (Wildman–Crippen MR) is 72.9 cm³/mol. The highest BCUT2D eigenvalue weighted by Crippen LogP contribution is 2.26. The van der Waals surface area contributed by atoms with E-state index in [1.165, 1.54) is 32.1 Å². The third-order valence-electron chi connectivity index (χ3n) is 3.23. The molecule has 0 aromatic carbocycles. The first-order valence-corrected chi connectivity index (χ1v) is 6.81. The van der Waals surface area contributed by atoms with Gasteiger partial charge in [0.1, 0.15) is 0 Å². The minimum Gasteiger partial charge on any atom is -0.330 e. The number of hydrogen-bond donors (Lipinski definition) is 1. The maximum Gasteiger partial charge on any atom is 0.0951 e. The van der Waals surface area contributed by atoms with Crippen molar-refractivity contribution >= 4 is 0 Å². The van der Waals surface area contributed by atoms with Gasteiger partial charge in [-0.1, -0.05) is 33.1 Å². The van der Waals surface area contributed by atoms with Crippen LogP contribution in [0.15, 0.2) is 12.5 Å². The summed E-state index contributed by atoms with van der Waals surface area (Å²) in [5.41, 5.74) is 7.04. The first-order chi connectivity index (χ1) is 8.00. The zero-order chi connectivity index (χ0) is 12.9. The second kappa shape index (κ2) is 6.20. The molecular weight excluding hydrogens is 210 g/mol. The molecular formula is C14H27N3. The third kappa shape index (κ3) is 3.84. The quantitative estimate of drug-likeness (QED) is 0.787. The smallest absolute Gasteiger partial charge is 0.0951 e. The van der Waals surface area contributed by atoms with E-state index in [0.29, 0.717) is 6.04 Å². The van der Waals surface area contributed by atoms with Gasteiger partial charge in [0.2, 0.25) is 0 Å². The van der Waals surface area contributed by atoms with Crippen LogP contribution < -0.4 is 5.73 Å². The molecule has 1 rings (SSSR count). The summed E-state index contributed by atoms with van der Waals surface area (Å²) in [5, 5.41) is 0. The predicted octanol–water partition coefficient (Wildman–Crippen LogP) is 3.61. The Morgan fingerprint density at radius 3 is 2.53 bits per heavy atom. The van der Waals surface area contributed by atoms with Crippen LogP contribution in [0.2, 0.25) is 0 Å². The first-order valence-electron chi connectivity index (χ1n) is 6.81. The second-order valence-electron chi connectivity index (χ2n) is 5.49. The molecule has 1 aromatic rings. The zero-order valence-corrected chi connectivity index (χ0v) is 11.7.